The summed E-state index contributed by atoms with van der Waals surface area (Å²) in [6.07, 6.45) is 4.42. The Labute approximate surface area is 91.7 Å². The van der Waals surface area contributed by atoms with Crippen LogP contribution in [0.1, 0.15) is 27.7 Å². The van der Waals surface area contributed by atoms with Crippen LogP contribution in [-0.4, -0.2) is 16.6 Å². The Kier molecular flexibility index (Phi) is 4.85. The summed E-state index contributed by atoms with van der Waals surface area (Å²) in [5.41, 5.74) is 0.0101. The molecule has 3 heteroatoms. The standard InChI is InChI=1S/C12H19NO2/c1-7-9-10(3)13(8-2)11(14)15-12(4,5)6/h7-9H,2-3H2,1,4-6H3/b9-7-. The third-order valence-electron chi connectivity index (χ3n) is 1.44. The van der Waals surface area contributed by atoms with Crippen molar-refractivity contribution >= 4 is 6.09 Å². The van der Waals surface area contributed by atoms with Gasteiger partial charge in [0, 0.05) is 11.9 Å². The lowest BCUT2D eigenvalue weighted by atomic mass is 10.2. The fourth-order valence-electron chi connectivity index (χ4n) is 0.893. The van der Waals surface area contributed by atoms with Gasteiger partial charge in [-0.1, -0.05) is 19.2 Å². The summed E-state index contributed by atoms with van der Waals surface area (Å²) in [4.78, 5) is 12.9. The van der Waals surface area contributed by atoms with Crippen LogP contribution < -0.4 is 0 Å². The van der Waals surface area contributed by atoms with Crippen LogP contribution in [0.25, 0.3) is 0 Å². The van der Waals surface area contributed by atoms with E-state index in [4.69, 9.17) is 4.74 Å². The van der Waals surface area contributed by atoms with Crippen LogP contribution in [0.2, 0.25) is 0 Å². The number of hydrogen-bond donors (Lipinski definition) is 0. The third-order valence-corrected chi connectivity index (χ3v) is 1.44. The number of hydrogen-bond acceptors (Lipinski definition) is 2. The smallest absolute Gasteiger partial charge is 0.418 e. The van der Waals surface area contributed by atoms with Crippen molar-refractivity contribution in [1.82, 2.24) is 4.90 Å². The minimum Gasteiger partial charge on any atom is -0.443 e. The molecule has 0 aliphatic carbocycles. The molecule has 0 aromatic heterocycles. The Hall–Kier alpha value is -1.51. The van der Waals surface area contributed by atoms with E-state index >= 15 is 0 Å². The van der Waals surface area contributed by atoms with Crippen molar-refractivity contribution in [3.05, 3.63) is 37.2 Å². The summed E-state index contributed by atoms with van der Waals surface area (Å²) >= 11 is 0. The Balaban J connectivity index is 4.62. The molecule has 0 saturated carbocycles. The van der Waals surface area contributed by atoms with Crippen molar-refractivity contribution in [3.63, 3.8) is 0 Å². The second kappa shape index (κ2) is 5.39. The van der Waals surface area contributed by atoms with Crippen molar-refractivity contribution in [2.75, 3.05) is 0 Å². The third kappa shape index (κ3) is 5.05. The van der Waals surface area contributed by atoms with Crippen LogP contribution in [0.15, 0.2) is 37.2 Å². The molecule has 84 valence electrons. The minimum atomic E-state index is -0.519. The molecule has 1 amide bonds. The average molecular weight is 209 g/mol. The van der Waals surface area contributed by atoms with Gasteiger partial charge >= 0.3 is 6.09 Å². The number of ether oxygens (including phenoxy) is 1. The normalized spacial score (nSPS) is 11.2. The zero-order chi connectivity index (χ0) is 12.1. The number of allylic oxidation sites excluding steroid dienone is 2. The number of nitrogens with zero attached hydrogens (tertiary/aromatic N) is 1. The lowest BCUT2D eigenvalue weighted by Crippen LogP contribution is -2.32. The van der Waals surface area contributed by atoms with Crippen LogP contribution in [0.3, 0.4) is 0 Å². The summed E-state index contributed by atoms with van der Waals surface area (Å²) in [6.45, 7) is 14.6. The lowest BCUT2D eigenvalue weighted by molar-refractivity contribution is 0.0389. The predicted molar refractivity (Wildman–Crippen MR) is 62.2 cm³/mol. The molecule has 0 spiro atoms. The molecule has 0 fully saturated rings. The zero-order valence-electron chi connectivity index (χ0n) is 9.91. The highest BCUT2D eigenvalue weighted by Gasteiger charge is 2.21. The van der Waals surface area contributed by atoms with E-state index in [1.807, 2.05) is 27.7 Å². The number of amides is 1. The van der Waals surface area contributed by atoms with Gasteiger partial charge in [0.1, 0.15) is 5.60 Å². The highest BCUT2D eigenvalue weighted by Crippen LogP contribution is 2.13. The topological polar surface area (TPSA) is 29.5 Å². The molecule has 0 atom stereocenters. The Bertz CT molecular complexity index is 284. The molecule has 0 bridgehead atoms. The molecule has 0 heterocycles. The van der Waals surface area contributed by atoms with Gasteiger partial charge in [-0.25, -0.2) is 4.79 Å². The Morgan fingerprint density at radius 2 is 1.93 bits per heavy atom. The summed E-state index contributed by atoms with van der Waals surface area (Å²) in [6, 6.07) is 0. The predicted octanol–water partition coefficient (Wildman–Crippen LogP) is 3.46. The van der Waals surface area contributed by atoms with E-state index in [0.717, 1.165) is 0 Å². The van der Waals surface area contributed by atoms with Crippen molar-refractivity contribution in [3.8, 4) is 0 Å². The second-order valence-corrected chi connectivity index (χ2v) is 4.02. The molecule has 0 aromatic rings. The van der Waals surface area contributed by atoms with Crippen LogP contribution >= 0.6 is 0 Å². The zero-order valence-corrected chi connectivity index (χ0v) is 9.91. The maximum Gasteiger partial charge on any atom is 0.418 e. The second-order valence-electron chi connectivity index (χ2n) is 4.02. The monoisotopic (exact) mass is 209 g/mol. The molecule has 0 aromatic carbocycles. The van der Waals surface area contributed by atoms with Gasteiger partial charge < -0.3 is 4.74 Å². The summed E-state index contributed by atoms with van der Waals surface area (Å²) in [7, 11) is 0. The van der Waals surface area contributed by atoms with Crippen molar-refractivity contribution in [2.45, 2.75) is 33.3 Å². The maximum atomic E-state index is 11.6. The van der Waals surface area contributed by atoms with Gasteiger partial charge in [-0.05, 0) is 33.8 Å². The maximum absolute atomic E-state index is 11.6. The molecule has 0 saturated heterocycles. The van der Waals surface area contributed by atoms with E-state index in [1.54, 1.807) is 12.2 Å². The Morgan fingerprint density at radius 1 is 1.40 bits per heavy atom. The van der Waals surface area contributed by atoms with Gasteiger partial charge in [-0.15, -0.1) is 0 Å². The summed E-state index contributed by atoms with van der Waals surface area (Å²) < 4.78 is 5.18. The highest BCUT2D eigenvalue weighted by molar-refractivity contribution is 5.72. The quantitative estimate of drug-likeness (QED) is 0.666. The van der Waals surface area contributed by atoms with E-state index in [-0.39, 0.29) is 0 Å². The first kappa shape index (κ1) is 13.5. The van der Waals surface area contributed by atoms with Gasteiger partial charge in [-0.3, -0.25) is 4.90 Å². The summed E-state index contributed by atoms with van der Waals surface area (Å²) in [5.74, 6) is 0. The van der Waals surface area contributed by atoms with Crippen LogP contribution in [-0.2, 0) is 4.74 Å². The van der Waals surface area contributed by atoms with Gasteiger partial charge in [-0.2, -0.15) is 0 Å². The molecule has 0 N–H and O–H groups in total. The summed E-state index contributed by atoms with van der Waals surface area (Å²) in [5, 5.41) is 0. The van der Waals surface area contributed by atoms with E-state index in [2.05, 4.69) is 13.2 Å². The van der Waals surface area contributed by atoms with Crippen LogP contribution in [0.4, 0.5) is 4.79 Å². The van der Waals surface area contributed by atoms with Gasteiger partial charge in [0.15, 0.2) is 0 Å². The van der Waals surface area contributed by atoms with Crippen LogP contribution in [0, 0.1) is 0 Å². The molecular formula is C12H19NO2. The van der Waals surface area contributed by atoms with E-state index in [9.17, 15) is 4.79 Å². The van der Waals surface area contributed by atoms with Gasteiger partial charge in [0.2, 0.25) is 0 Å². The van der Waals surface area contributed by atoms with Crippen LogP contribution in [0.5, 0.6) is 0 Å². The molecule has 0 aliphatic heterocycles. The first-order valence-electron chi connectivity index (χ1n) is 4.78. The number of rotatable bonds is 3. The molecule has 0 rings (SSSR count). The molecule has 0 radical (unpaired) electrons. The van der Waals surface area contributed by atoms with E-state index in [0.29, 0.717) is 5.70 Å². The number of carbonyl (C=O) groups excluding carboxylic acids is 1. The minimum absolute atomic E-state index is 0.472. The van der Waals surface area contributed by atoms with Crippen molar-refractivity contribution < 1.29 is 9.53 Å². The lowest BCUT2D eigenvalue weighted by Gasteiger charge is -2.25. The van der Waals surface area contributed by atoms with Crippen molar-refractivity contribution in [1.29, 1.82) is 0 Å². The molecular weight excluding hydrogens is 190 g/mol. The molecule has 0 aliphatic rings. The fourth-order valence-corrected chi connectivity index (χ4v) is 0.893. The van der Waals surface area contributed by atoms with E-state index < -0.39 is 11.7 Å². The number of carbonyl (C=O) groups is 1. The average Bonchev–Trinajstić information content (AvgIpc) is 2.02. The first-order valence-corrected chi connectivity index (χ1v) is 4.78. The van der Waals surface area contributed by atoms with E-state index in [1.165, 1.54) is 11.1 Å². The molecule has 3 nitrogen and oxygen atoms in total. The van der Waals surface area contributed by atoms with Crippen molar-refractivity contribution in [2.24, 2.45) is 0 Å². The van der Waals surface area contributed by atoms with Gasteiger partial charge in [0.25, 0.3) is 0 Å². The SMILES string of the molecule is C=CN(C(=C)/C=C\C)C(=O)OC(C)(C)C. The fraction of sp³-hybridized carbons (Fsp3) is 0.417. The largest absolute Gasteiger partial charge is 0.443 e. The molecule has 15 heavy (non-hydrogen) atoms. The highest BCUT2D eigenvalue weighted by atomic mass is 16.6. The van der Waals surface area contributed by atoms with Gasteiger partial charge in [0.05, 0.1) is 0 Å². The Morgan fingerprint density at radius 3 is 2.27 bits per heavy atom. The molecule has 0 unspecified atom stereocenters. The first-order chi connectivity index (χ1) is 6.81.